The first-order valence-electron chi connectivity index (χ1n) is 7.58. The fourth-order valence-corrected chi connectivity index (χ4v) is 2.09. The summed E-state index contributed by atoms with van der Waals surface area (Å²) in [6.45, 7) is 8.45. The maximum absolute atomic E-state index is 11.9. The predicted octanol–water partition coefficient (Wildman–Crippen LogP) is 2.47. The Labute approximate surface area is 127 Å². The second kappa shape index (κ2) is 8.62. The van der Waals surface area contributed by atoms with Gasteiger partial charge in [-0.2, -0.15) is 0 Å². The Morgan fingerprint density at radius 1 is 1.38 bits per heavy atom. The van der Waals surface area contributed by atoms with Crippen molar-refractivity contribution in [2.45, 2.75) is 33.7 Å². The van der Waals surface area contributed by atoms with Crippen LogP contribution in [0.4, 0.5) is 4.79 Å². The highest BCUT2D eigenvalue weighted by atomic mass is 16.6. The van der Waals surface area contributed by atoms with Crippen LogP contribution in [-0.4, -0.2) is 54.7 Å². The van der Waals surface area contributed by atoms with Gasteiger partial charge in [-0.1, -0.05) is 19.9 Å². The maximum atomic E-state index is 11.9. The molecule has 0 aromatic carbocycles. The van der Waals surface area contributed by atoms with Gasteiger partial charge in [0, 0.05) is 30.9 Å². The van der Waals surface area contributed by atoms with Crippen molar-refractivity contribution in [3.05, 3.63) is 29.1 Å². The summed E-state index contributed by atoms with van der Waals surface area (Å²) in [4.78, 5) is 20.2. The van der Waals surface area contributed by atoms with E-state index in [-0.39, 0.29) is 6.09 Å². The van der Waals surface area contributed by atoms with Crippen molar-refractivity contribution < 1.29 is 9.53 Å². The summed E-state index contributed by atoms with van der Waals surface area (Å²) >= 11 is 0. The molecule has 5 heteroatoms. The molecule has 0 bridgehead atoms. The molecule has 1 aromatic rings. The number of carbonyl (C=O) groups is 1. The van der Waals surface area contributed by atoms with Crippen LogP contribution in [0, 0.1) is 6.92 Å². The summed E-state index contributed by atoms with van der Waals surface area (Å²) in [6, 6.07) is 4.04. The molecule has 1 aromatic heterocycles. The summed E-state index contributed by atoms with van der Waals surface area (Å²) in [5, 5.41) is 0. The SMILES string of the molecule is CC.Cc1ccc2c(n1)CCN(C(=O)OCCN(C)C)C2. The molecule has 1 aliphatic rings. The zero-order valence-corrected chi connectivity index (χ0v) is 13.8. The van der Waals surface area contributed by atoms with Gasteiger partial charge in [0.15, 0.2) is 0 Å². The summed E-state index contributed by atoms with van der Waals surface area (Å²) in [6.07, 6.45) is 0.577. The Balaban J connectivity index is 0.00000106. The first-order chi connectivity index (χ1) is 10.1. The third-order valence-electron chi connectivity index (χ3n) is 3.21. The topological polar surface area (TPSA) is 45.7 Å². The number of nitrogens with zero attached hydrogens (tertiary/aromatic N) is 3. The molecule has 0 saturated heterocycles. The van der Waals surface area contributed by atoms with Crippen molar-refractivity contribution in [1.29, 1.82) is 0 Å². The van der Waals surface area contributed by atoms with E-state index in [1.54, 1.807) is 4.90 Å². The molecule has 2 heterocycles. The van der Waals surface area contributed by atoms with Crippen LogP contribution in [0.5, 0.6) is 0 Å². The molecule has 2 rings (SSSR count). The monoisotopic (exact) mass is 293 g/mol. The molecule has 0 aliphatic carbocycles. The molecule has 0 spiro atoms. The summed E-state index contributed by atoms with van der Waals surface area (Å²) in [5.74, 6) is 0. The van der Waals surface area contributed by atoms with E-state index in [4.69, 9.17) is 4.74 Å². The van der Waals surface area contributed by atoms with Crippen LogP contribution in [-0.2, 0) is 17.7 Å². The number of rotatable bonds is 3. The standard InChI is InChI=1S/C14H21N3O2.C2H6/c1-11-4-5-12-10-17(7-6-13(12)15-11)14(18)19-9-8-16(2)3;1-2/h4-5H,6-10H2,1-3H3;1-2H3. The molecule has 0 saturated carbocycles. The lowest BCUT2D eigenvalue weighted by Gasteiger charge is -2.27. The Bertz CT molecular complexity index is 461. The molecule has 0 atom stereocenters. The summed E-state index contributed by atoms with van der Waals surface area (Å²) < 4.78 is 5.26. The predicted molar refractivity (Wildman–Crippen MR) is 84.3 cm³/mol. The van der Waals surface area contributed by atoms with E-state index < -0.39 is 0 Å². The Morgan fingerprint density at radius 2 is 2.10 bits per heavy atom. The number of aromatic nitrogens is 1. The number of carbonyl (C=O) groups excluding carboxylic acids is 1. The number of hydrogen-bond acceptors (Lipinski definition) is 4. The van der Waals surface area contributed by atoms with Crippen LogP contribution in [0.25, 0.3) is 0 Å². The quantitative estimate of drug-likeness (QED) is 0.859. The zero-order chi connectivity index (χ0) is 15.8. The smallest absolute Gasteiger partial charge is 0.410 e. The number of amides is 1. The zero-order valence-electron chi connectivity index (χ0n) is 13.8. The van der Waals surface area contributed by atoms with Gasteiger partial charge in [-0.3, -0.25) is 4.98 Å². The van der Waals surface area contributed by atoms with Gasteiger partial charge in [0.1, 0.15) is 6.61 Å². The van der Waals surface area contributed by atoms with Crippen molar-refractivity contribution in [2.24, 2.45) is 0 Å². The molecule has 5 nitrogen and oxygen atoms in total. The van der Waals surface area contributed by atoms with Gasteiger partial charge in [-0.15, -0.1) is 0 Å². The molecule has 118 valence electrons. The van der Waals surface area contributed by atoms with E-state index in [9.17, 15) is 4.79 Å². The molecular formula is C16H27N3O2. The van der Waals surface area contributed by atoms with Gasteiger partial charge in [0.25, 0.3) is 0 Å². The third kappa shape index (κ3) is 5.34. The van der Waals surface area contributed by atoms with E-state index >= 15 is 0 Å². The highest BCUT2D eigenvalue weighted by Crippen LogP contribution is 2.18. The minimum atomic E-state index is -0.229. The third-order valence-corrected chi connectivity index (χ3v) is 3.21. The number of fused-ring (bicyclic) bond motifs is 1. The van der Waals surface area contributed by atoms with Crippen LogP contribution in [0.3, 0.4) is 0 Å². The van der Waals surface area contributed by atoms with Crippen LogP contribution < -0.4 is 0 Å². The van der Waals surface area contributed by atoms with Gasteiger partial charge in [-0.25, -0.2) is 4.79 Å². The molecule has 0 N–H and O–H groups in total. The van der Waals surface area contributed by atoms with Gasteiger partial charge in [0.2, 0.25) is 0 Å². The Morgan fingerprint density at radius 3 is 2.76 bits per heavy atom. The highest BCUT2D eigenvalue weighted by Gasteiger charge is 2.22. The van der Waals surface area contributed by atoms with Gasteiger partial charge in [0.05, 0.1) is 6.54 Å². The number of pyridine rings is 1. The molecule has 1 aliphatic heterocycles. The second-order valence-electron chi connectivity index (χ2n) is 5.15. The average Bonchev–Trinajstić information content (AvgIpc) is 2.48. The van der Waals surface area contributed by atoms with Crippen molar-refractivity contribution in [3.63, 3.8) is 0 Å². The van der Waals surface area contributed by atoms with Crippen molar-refractivity contribution >= 4 is 6.09 Å². The van der Waals surface area contributed by atoms with E-state index in [1.807, 2.05) is 45.8 Å². The lowest BCUT2D eigenvalue weighted by atomic mass is 10.1. The number of likely N-dealkylation sites (N-methyl/N-ethyl adjacent to an activating group) is 1. The van der Waals surface area contributed by atoms with Crippen LogP contribution in [0.15, 0.2) is 12.1 Å². The number of ether oxygens (including phenoxy) is 1. The second-order valence-corrected chi connectivity index (χ2v) is 5.15. The lowest BCUT2D eigenvalue weighted by Crippen LogP contribution is -2.37. The maximum Gasteiger partial charge on any atom is 0.410 e. The highest BCUT2D eigenvalue weighted by molar-refractivity contribution is 5.68. The van der Waals surface area contributed by atoms with Crippen molar-refractivity contribution in [2.75, 3.05) is 33.8 Å². The lowest BCUT2D eigenvalue weighted by molar-refractivity contribution is 0.0916. The molecule has 0 unspecified atom stereocenters. The van der Waals surface area contributed by atoms with E-state index in [0.29, 0.717) is 19.7 Å². The fourth-order valence-electron chi connectivity index (χ4n) is 2.09. The Hall–Kier alpha value is -1.62. The van der Waals surface area contributed by atoms with E-state index in [1.165, 1.54) is 0 Å². The number of hydrogen-bond donors (Lipinski definition) is 0. The van der Waals surface area contributed by atoms with Crippen LogP contribution >= 0.6 is 0 Å². The minimum Gasteiger partial charge on any atom is -0.448 e. The fraction of sp³-hybridized carbons (Fsp3) is 0.625. The minimum absolute atomic E-state index is 0.229. The number of aryl methyl sites for hydroxylation is 1. The van der Waals surface area contributed by atoms with Gasteiger partial charge in [-0.05, 0) is 32.6 Å². The average molecular weight is 293 g/mol. The first kappa shape index (κ1) is 17.4. The molecule has 21 heavy (non-hydrogen) atoms. The molecular weight excluding hydrogens is 266 g/mol. The molecule has 0 radical (unpaired) electrons. The van der Waals surface area contributed by atoms with Crippen LogP contribution in [0.1, 0.15) is 30.8 Å². The van der Waals surface area contributed by atoms with Gasteiger partial charge < -0.3 is 14.5 Å². The largest absolute Gasteiger partial charge is 0.448 e. The van der Waals surface area contributed by atoms with Crippen molar-refractivity contribution in [3.8, 4) is 0 Å². The normalized spacial score (nSPS) is 13.3. The Kier molecular flexibility index (Phi) is 7.15. The van der Waals surface area contributed by atoms with E-state index in [0.717, 1.165) is 29.9 Å². The summed E-state index contributed by atoms with van der Waals surface area (Å²) in [7, 11) is 3.91. The molecule has 0 fully saturated rings. The summed E-state index contributed by atoms with van der Waals surface area (Å²) in [5.41, 5.74) is 3.26. The van der Waals surface area contributed by atoms with Crippen LogP contribution in [0.2, 0.25) is 0 Å². The van der Waals surface area contributed by atoms with Gasteiger partial charge >= 0.3 is 6.09 Å². The van der Waals surface area contributed by atoms with Crippen molar-refractivity contribution in [1.82, 2.24) is 14.8 Å². The van der Waals surface area contributed by atoms with E-state index in [2.05, 4.69) is 11.1 Å². The first-order valence-corrected chi connectivity index (χ1v) is 7.58. The molecule has 1 amide bonds.